The highest BCUT2D eigenvalue weighted by molar-refractivity contribution is 6.22. The van der Waals surface area contributed by atoms with Crippen molar-refractivity contribution in [1.82, 2.24) is 9.88 Å². The molecule has 0 aliphatic carbocycles. The lowest BCUT2D eigenvalue weighted by molar-refractivity contribution is 0.0526. The molecule has 0 spiro atoms. The summed E-state index contributed by atoms with van der Waals surface area (Å²) in [6.45, 7) is 6.30. The van der Waals surface area contributed by atoms with Crippen molar-refractivity contribution in [3.63, 3.8) is 0 Å². The van der Waals surface area contributed by atoms with Crippen LogP contribution >= 0.6 is 0 Å². The number of benzene rings is 3. The second kappa shape index (κ2) is 13.1. The quantitative estimate of drug-likeness (QED) is 0.119. The average molecular weight is 512 g/mol. The van der Waals surface area contributed by atoms with Crippen molar-refractivity contribution in [2.75, 3.05) is 20.2 Å². The highest BCUT2D eigenvalue weighted by Crippen LogP contribution is 2.32. The SMILES string of the molecule is CCCCCCN(C)Cc1ccc(N=C(c2ccccc2)c2c(O)[nH]c3cc(C(=O)OCC)ccc23)cc1. The topological polar surface area (TPSA) is 77.9 Å². The van der Waals surface area contributed by atoms with Gasteiger partial charge in [-0.25, -0.2) is 9.79 Å². The Morgan fingerprint density at radius 1 is 0.947 bits per heavy atom. The maximum absolute atomic E-state index is 12.2. The van der Waals surface area contributed by atoms with Gasteiger partial charge in [-0.1, -0.05) is 74.7 Å². The van der Waals surface area contributed by atoms with Crippen LogP contribution < -0.4 is 0 Å². The highest BCUT2D eigenvalue weighted by atomic mass is 16.5. The minimum atomic E-state index is -0.395. The van der Waals surface area contributed by atoms with Gasteiger partial charge in [0, 0.05) is 23.0 Å². The van der Waals surface area contributed by atoms with Gasteiger partial charge in [-0.15, -0.1) is 0 Å². The molecule has 0 bridgehead atoms. The second-order valence-electron chi connectivity index (χ2n) is 9.62. The summed E-state index contributed by atoms with van der Waals surface area (Å²) in [6.07, 6.45) is 5.05. The molecule has 38 heavy (non-hydrogen) atoms. The normalized spacial score (nSPS) is 11.8. The van der Waals surface area contributed by atoms with E-state index >= 15 is 0 Å². The highest BCUT2D eigenvalue weighted by Gasteiger charge is 2.20. The molecule has 1 aromatic heterocycles. The second-order valence-corrected chi connectivity index (χ2v) is 9.62. The minimum absolute atomic E-state index is 0.00456. The van der Waals surface area contributed by atoms with Crippen molar-refractivity contribution >= 4 is 28.3 Å². The Hall–Kier alpha value is -3.90. The fourth-order valence-corrected chi connectivity index (χ4v) is 4.63. The number of H-pyrrole nitrogens is 1. The van der Waals surface area contributed by atoms with E-state index in [0.29, 0.717) is 29.0 Å². The van der Waals surface area contributed by atoms with Crippen LogP contribution in [0.1, 0.15) is 66.6 Å². The first-order valence-electron chi connectivity index (χ1n) is 13.4. The smallest absolute Gasteiger partial charge is 0.338 e. The first-order valence-corrected chi connectivity index (χ1v) is 13.4. The van der Waals surface area contributed by atoms with Crippen LogP contribution in [0.2, 0.25) is 0 Å². The molecule has 0 atom stereocenters. The number of aromatic hydroxyl groups is 1. The molecule has 6 nitrogen and oxygen atoms in total. The maximum atomic E-state index is 12.2. The number of carbonyl (C=O) groups is 1. The van der Waals surface area contributed by atoms with Crippen LogP contribution in [0.15, 0.2) is 77.8 Å². The first kappa shape index (κ1) is 27.1. The van der Waals surface area contributed by atoms with Crippen molar-refractivity contribution in [2.24, 2.45) is 4.99 Å². The van der Waals surface area contributed by atoms with Gasteiger partial charge in [0.05, 0.1) is 29.1 Å². The third-order valence-corrected chi connectivity index (χ3v) is 6.60. The third kappa shape index (κ3) is 6.69. The van der Waals surface area contributed by atoms with Gasteiger partial charge in [0.1, 0.15) is 0 Å². The van der Waals surface area contributed by atoms with E-state index in [9.17, 15) is 9.90 Å². The number of aliphatic imine (C=N–C) groups is 1. The average Bonchev–Trinajstić information content (AvgIpc) is 3.26. The van der Waals surface area contributed by atoms with E-state index in [1.807, 2.05) is 48.5 Å². The maximum Gasteiger partial charge on any atom is 0.338 e. The Kier molecular flexibility index (Phi) is 9.33. The van der Waals surface area contributed by atoms with Crippen molar-refractivity contribution in [3.8, 4) is 5.88 Å². The minimum Gasteiger partial charge on any atom is -0.494 e. The molecule has 0 fully saturated rings. The summed E-state index contributed by atoms with van der Waals surface area (Å²) < 4.78 is 5.13. The molecule has 0 amide bonds. The molecule has 6 heteroatoms. The van der Waals surface area contributed by atoms with Gasteiger partial charge in [-0.05, 0) is 56.8 Å². The molecule has 1 heterocycles. The van der Waals surface area contributed by atoms with Crippen molar-refractivity contribution in [3.05, 3.63) is 95.1 Å². The molecule has 4 rings (SSSR count). The van der Waals surface area contributed by atoms with Gasteiger partial charge >= 0.3 is 5.97 Å². The summed E-state index contributed by atoms with van der Waals surface area (Å²) in [7, 11) is 2.17. The Morgan fingerprint density at radius 3 is 2.42 bits per heavy atom. The van der Waals surface area contributed by atoms with Gasteiger partial charge < -0.3 is 19.7 Å². The number of fused-ring (bicyclic) bond motifs is 1. The Morgan fingerprint density at radius 2 is 1.71 bits per heavy atom. The number of hydrogen-bond donors (Lipinski definition) is 2. The molecule has 2 N–H and O–H groups in total. The van der Waals surface area contributed by atoms with Crippen molar-refractivity contribution in [1.29, 1.82) is 0 Å². The molecule has 0 unspecified atom stereocenters. The molecule has 0 saturated carbocycles. The molecular formula is C32H37N3O3. The molecule has 198 valence electrons. The van der Waals surface area contributed by atoms with E-state index in [4.69, 9.17) is 9.73 Å². The number of aromatic amines is 1. The summed E-state index contributed by atoms with van der Waals surface area (Å²) in [5.74, 6) is -0.390. The lowest BCUT2D eigenvalue weighted by Gasteiger charge is -2.16. The molecule has 0 radical (unpaired) electrons. The van der Waals surface area contributed by atoms with Crippen LogP contribution in [-0.2, 0) is 11.3 Å². The number of nitrogens with zero attached hydrogens (tertiary/aromatic N) is 2. The fourth-order valence-electron chi connectivity index (χ4n) is 4.63. The van der Waals surface area contributed by atoms with Crippen LogP contribution in [0.3, 0.4) is 0 Å². The lowest BCUT2D eigenvalue weighted by atomic mass is 10.00. The molecule has 4 aromatic rings. The van der Waals surface area contributed by atoms with Crippen LogP contribution in [0, 0.1) is 0 Å². The number of carbonyl (C=O) groups excluding carboxylic acids is 1. The number of hydrogen-bond acceptors (Lipinski definition) is 5. The zero-order valence-electron chi connectivity index (χ0n) is 22.5. The van der Waals surface area contributed by atoms with E-state index < -0.39 is 5.97 Å². The molecule has 0 aliphatic heterocycles. The van der Waals surface area contributed by atoms with Crippen LogP contribution in [-0.4, -0.2) is 46.9 Å². The van der Waals surface area contributed by atoms with Gasteiger partial charge in [0.2, 0.25) is 0 Å². The molecular weight excluding hydrogens is 474 g/mol. The molecule has 0 aliphatic rings. The van der Waals surface area contributed by atoms with E-state index in [-0.39, 0.29) is 5.88 Å². The van der Waals surface area contributed by atoms with Gasteiger partial charge in [-0.2, -0.15) is 0 Å². The van der Waals surface area contributed by atoms with E-state index in [2.05, 4.69) is 36.0 Å². The summed E-state index contributed by atoms with van der Waals surface area (Å²) in [5, 5.41) is 11.7. The van der Waals surface area contributed by atoms with Crippen LogP contribution in [0.5, 0.6) is 5.88 Å². The molecule has 3 aromatic carbocycles. The standard InChI is InChI=1S/C32H37N3O3/c1-4-6-7-11-20-35(3)22-23-14-17-26(18-15-23)33-30(24-12-9-8-10-13-24)29-27-19-16-25(32(37)38-5-2)21-28(27)34-31(29)36/h8-10,12-19,21,34,36H,4-7,11,20,22H2,1-3H3. The predicted octanol–water partition coefficient (Wildman–Crippen LogP) is 7.23. The number of aromatic nitrogens is 1. The first-order chi connectivity index (χ1) is 18.5. The number of nitrogens with one attached hydrogen (secondary N) is 1. The summed E-state index contributed by atoms with van der Waals surface area (Å²) in [6, 6.07) is 23.3. The largest absolute Gasteiger partial charge is 0.494 e. The number of ether oxygens (including phenoxy) is 1. The summed E-state index contributed by atoms with van der Waals surface area (Å²) in [4.78, 5) is 22.6. The van der Waals surface area contributed by atoms with Crippen LogP contribution in [0.4, 0.5) is 5.69 Å². The van der Waals surface area contributed by atoms with Gasteiger partial charge in [0.15, 0.2) is 5.88 Å². The Balaban J connectivity index is 1.64. The summed E-state index contributed by atoms with van der Waals surface area (Å²) in [5.41, 5.74) is 5.24. The monoisotopic (exact) mass is 511 g/mol. The zero-order chi connectivity index (χ0) is 26.9. The summed E-state index contributed by atoms with van der Waals surface area (Å²) >= 11 is 0. The van der Waals surface area contributed by atoms with E-state index in [1.54, 1.807) is 19.1 Å². The van der Waals surface area contributed by atoms with E-state index in [1.165, 1.54) is 31.2 Å². The number of esters is 1. The van der Waals surface area contributed by atoms with Gasteiger partial charge in [0.25, 0.3) is 0 Å². The Labute approximate surface area is 225 Å². The zero-order valence-corrected chi connectivity index (χ0v) is 22.5. The molecule has 0 saturated heterocycles. The van der Waals surface area contributed by atoms with Crippen molar-refractivity contribution in [2.45, 2.75) is 46.1 Å². The van der Waals surface area contributed by atoms with E-state index in [0.717, 1.165) is 29.7 Å². The Bertz CT molecular complexity index is 1370. The van der Waals surface area contributed by atoms with Crippen molar-refractivity contribution < 1.29 is 14.6 Å². The fraction of sp³-hybridized carbons (Fsp3) is 0.312. The lowest BCUT2D eigenvalue weighted by Crippen LogP contribution is -2.18. The third-order valence-electron chi connectivity index (χ3n) is 6.60. The van der Waals surface area contributed by atoms with Gasteiger partial charge in [-0.3, -0.25) is 0 Å². The number of unbranched alkanes of at least 4 members (excludes halogenated alkanes) is 3. The van der Waals surface area contributed by atoms with Crippen LogP contribution in [0.25, 0.3) is 10.9 Å². The number of rotatable bonds is 12. The predicted molar refractivity (Wildman–Crippen MR) is 155 cm³/mol.